The molecule has 0 spiro atoms. The Balaban J connectivity index is 2.30. The molecule has 0 unspecified atom stereocenters. The van der Waals surface area contributed by atoms with Crippen LogP contribution in [-0.4, -0.2) is 42.4 Å². The highest BCUT2D eigenvalue weighted by Gasteiger charge is 2.05. The first-order valence-electron chi connectivity index (χ1n) is 4.81. The highest BCUT2D eigenvalue weighted by atomic mass is 79.9. The van der Waals surface area contributed by atoms with Crippen molar-refractivity contribution < 1.29 is 14.6 Å². The standard InChI is InChI=1S/C10H13BrN2O3/c11-9-5-8(6-12-7-9)10(15)13-1-3-16-4-2-14/h5-7,14H,1-4H2,(H,13,15). The number of hydrogen-bond donors (Lipinski definition) is 2. The molecule has 16 heavy (non-hydrogen) atoms. The zero-order chi connectivity index (χ0) is 11.8. The number of amides is 1. The Morgan fingerprint density at radius 2 is 2.31 bits per heavy atom. The van der Waals surface area contributed by atoms with Gasteiger partial charge < -0.3 is 15.2 Å². The van der Waals surface area contributed by atoms with Crippen molar-refractivity contribution in [2.24, 2.45) is 0 Å². The van der Waals surface area contributed by atoms with Crippen LogP contribution in [0.2, 0.25) is 0 Å². The molecule has 88 valence electrons. The zero-order valence-electron chi connectivity index (χ0n) is 8.65. The third kappa shape index (κ3) is 4.69. The molecule has 0 aliphatic rings. The number of hydrogen-bond acceptors (Lipinski definition) is 4. The second kappa shape index (κ2) is 7.32. The van der Waals surface area contributed by atoms with Gasteiger partial charge in [0.05, 0.1) is 25.4 Å². The van der Waals surface area contributed by atoms with Crippen LogP contribution in [0.1, 0.15) is 10.4 Å². The summed E-state index contributed by atoms with van der Waals surface area (Å²) in [5, 5.41) is 11.1. The topological polar surface area (TPSA) is 71.5 Å². The van der Waals surface area contributed by atoms with Crippen LogP contribution in [0.4, 0.5) is 0 Å². The lowest BCUT2D eigenvalue weighted by molar-refractivity contribution is 0.0838. The van der Waals surface area contributed by atoms with E-state index in [0.717, 1.165) is 4.47 Å². The quantitative estimate of drug-likeness (QED) is 0.752. The van der Waals surface area contributed by atoms with Crippen LogP contribution < -0.4 is 5.32 Å². The highest BCUT2D eigenvalue weighted by Crippen LogP contribution is 2.08. The molecule has 6 heteroatoms. The molecule has 0 aliphatic carbocycles. The third-order valence-electron chi connectivity index (χ3n) is 1.73. The van der Waals surface area contributed by atoms with Gasteiger partial charge in [-0.25, -0.2) is 0 Å². The fourth-order valence-corrected chi connectivity index (χ4v) is 1.41. The summed E-state index contributed by atoms with van der Waals surface area (Å²) in [6, 6.07) is 1.69. The van der Waals surface area contributed by atoms with E-state index in [9.17, 15) is 4.79 Å². The predicted molar refractivity (Wildman–Crippen MR) is 62.2 cm³/mol. The summed E-state index contributed by atoms with van der Waals surface area (Å²) in [5.41, 5.74) is 0.497. The lowest BCUT2D eigenvalue weighted by Gasteiger charge is -2.05. The minimum atomic E-state index is -0.193. The number of aliphatic hydroxyl groups is 1. The van der Waals surface area contributed by atoms with Gasteiger partial charge in [-0.3, -0.25) is 9.78 Å². The molecular weight excluding hydrogens is 276 g/mol. The lowest BCUT2D eigenvalue weighted by Crippen LogP contribution is -2.27. The first-order chi connectivity index (χ1) is 7.74. The molecule has 0 saturated heterocycles. The zero-order valence-corrected chi connectivity index (χ0v) is 10.2. The summed E-state index contributed by atoms with van der Waals surface area (Å²) in [6.07, 6.45) is 3.11. The molecule has 0 atom stereocenters. The molecule has 0 aliphatic heterocycles. The van der Waals surface area contributed by atoms with Crippen molar-refractivity contribution in [3.63, 3.8) is 0 Å². The van der Waals surface area contributed by atoms with Crippen LogP contribution in [-0.2, 0) is 4.74 Å². The van der Waals surface area contributed by atoms with Gasteiger partial charge in [-0.05, 0) is 22.0 Å². The van der Waals surface area contributed by atoms with Crippen LogP contribution >= 0.6 is 15.9 Å². The Morgan fingerprint density at radius 3 is 3.00 bits per heavy atom. The van der Waals surface area contributed by atoms with E-state index >= 15 is 0 Å². The molecule has 0 radical (unpaired) electrons. The number of aromatic nitrogens is 1. The maximum Gasteiger partial charge on any atom is 0.252 e. The minimum absolute atomic E-state index is 0.0104. The monoisotopic (exact) mass is 288 g/mol. The maximum absolute atomic E-state index is 11.6. The molecule has 1 amide bonds. The number of nitrogens with zero attached hydrogens (tertiary/aromatic N) is 1. The molecule has 0 fully saturated rings. The van der Waals surface area contributed by atoms with Gasteiger partial charge in [0, 0.05) is 23.4 Å². The second-order valence-electron chi connectivity index (χ2n) is 2.98. The fraction of sp³-hybridized carbons (Fsp3) is 0.400. The van der Waals surface area contributed by atoms with Crippen molar-refractivity contribution in [1.29, 1.82) is 0 Å². The lowest BCUT2D eigenvalue weighted by atomic mass is 10.3. The van der Waals surface area contributed by atoms with Crippen molar-refractivity contribution in [1.82, 2.24) is 10.3 Å². The van der Waals surface area contributed by atoms with E-state index in [4.69, 9.17) is 9.84 Å². The van der Waals surface area contributed by atoms with Crippen molar-refractivity contribution in [2.45, 2.75) is 0 Å². The maximum atomic E-state index is 11.6. The number of pyridine rings is 1. The Bertz CT molecular complexity index is 347. The van der Waals surface area contributed by atoms with Crippen molar-refractivity contribution >= 4 is 21.8 Å². The molecule has 0 saturated carbocycles. The molecule has 0 aromatic carbocycles. The molecule has 1 aromatic heterocycles. The van der Waals surface area contributed by atoms with Gasteiger partial charge in [-0.15, -0.1) is 0 Å². The number of rotatable bonds is 6. The van der Waals surface area contributed by atoms with Crippen molar-refractivity contribution in [3.8, 4) is 0 Å². The van der Waals surface area contributed by atoms with Gasteiger partial charge in [0.25, 0.3) is 5.91 Å². The molecule has 5 nitrogen and oxygen atoms in total. The van der Waals surface area contributed by atoms with E-state index in [1.165, 1.54) is 6.20 Å². The average Bonchev–Trinajstić information content (AvgIpc) is 2.28. The predicted octanol–water partition coefficient (Wildman–Crippen LogP) is 0.583. The number of ether oxygens (including phenoxy) is 1. The number of nitrogens with one attached hydrogen (secondary N) is 1. The van der Waals surface area contributed by atoms with Gasteiger partial charge in [-0.2, -0.15) is 0 Å². The number of carbonyl (C=O) groups is 1. The average molecular weight is 289 g/mol. The number of aliphatic hydroxyl groups excluding tert-OH is 1. The van der Waals surface area contributed by atoms with Gasteiger partial charge in [0.2, 0.25) is 0 Å². The summed E-state index contributed by atoms with van der Waals surface area (Å²) < 4.78 is 5.76. The Morgan fingerprint density at radius 1 is 1.50 bits per heavy atom. The molecule has 0 bridgehead atoms. The van der Waals surface area contributed by atoms with E-state index in [0.29, 0.717) is 18.7 Å². The molecular formula is C10H13BrN2O3. The van der Waals surface area contributed by atoms with Gasteiger partial charge in [-0.1, -0.05) is 0 Å². The van der Waals surface area contributed by atoms with Crippen molar-refractivity contribution in [3.05, 3.63) is 28.5 Å². The van der Waals surface area contributed by atoms with Crippen molar-refractivity contribution in [2.75, 3.05) is 26.4 Å². The van der Waals surface area contributed by atoms with Crippen LogP contribution in [0.25, 0.3) is 0 Å². The van der Waals surface area contributed by atoms with E-state index in [1.54, 1.807) is 12.3 Å². The first-order valence-corrected chi connectivity index (χ1v) is 5.60. The van der Waals surface area contributed by atoms with Gasteiger partial charge >= 0.3 is 0 Å². The van der Waals surface area contributed by atoms with E-state index < -0.39 is 0 Å². The van der Waals surface area contributed by atoms with Gasteiger partial charge in [0.15, 0.2) is 0 Å². The smallest absolute Gasteiger partial charge is 0.252 e. The van der Waals surface area contributed by atoms with Crippen LogP contribution in [0.5, 0.6) is 0 Å². The fourth-order valence-electron chi connectivity index (χ4n) is 1.04. The number of halogens is 1. The van der Waals surface area contributed by atoms with Crippen LogP contribution in [0.15, 0.2) is 22.9 Å². The number of carbonyl (C=O) groups excluding carboxylic acids is 1. The summed E-state index contributed by atoms with van der Waals surface area (Å²) in [5.74, 6) is -0.193. The normalized spacial score (nSPS) is 10.1. The van der Waals surface area contributed by atoms with Crippen LogP contribution in [0, 0.1) is 0 Å². The summed E-state index contributed by atoms with van der Waals surface area (Å²) in [7, 11) is 0. The van der Waals surface area contributed by atoms with Crippen LogP contribution in [0.3, 0.4) is 0 Å². The van der Waals surface area contributed by atoms with E-state index in [-0.39, 0.29) is 19.1 Å². The van der Waals surface area contributed by atoms with E-state index in [2.05, 4.69) is 26.2 Å². The van der Waals surface area contributed by atoms with E-state index in [1.807, 2.05) is 0 Å². The molecule has 1 rings (SSSR count). The first kappa shape index (κ1) is 13.1. The SMILES string of the molecule is O=C(NCCOCCO)c1cncc(Br)c1. The second-order valence-corrected chi connectivity index (χ2v) is 3.90. The Hall–Kier alpha value is -0.980. The minimum Gasteiger partial charge on any atom is -0.394 e. The largest absolute Gasteiger partial charge is 0.394 e. The Labute approximate surface area is 102 Å². The molecule has 2 N–H and O–H groups in total. The summed E-state index contributed by atoms with van der Waals surface area (Å²) in [6.45, 7) is 1.07. The highest BCUT2D eigenvalue weighted by molar-refractivity contribution is 9.10. The summed E-state index contributed by atoms with van der Waals surface area (Å²) >= 11 is 3.24. The molecule has 1 aromatic rings. The molecule has 1 heterocycles. The van der Waals surface area contributed by atoms with Gasteiger partial charge in [0.1, 0.15) is 0 Å². The third-order valence-corrected chi connectivity index (χ3v) is 2.17. The summed E-state index contributed by atoms with van der Waals surface area (Å²) in [4.78, 5) is 15.4. The Kier molecular flexibility index (Phi) is 5.99.